The van der Waals surface area contributed by atoms with Gasteiger partial charge in [0, 0.05) is 0 Å². The highest BCUT2D eigenvalue weighted by Crippen LogP contribution is 2.23. The predicted molar refractivity (Wildman–Crippen MR) is 75.1 cm³/mol. The van der Waals surface area contributed by atoms with Gasteiger partial charge in [-0.15, -0.1) is 0 Å². The Kier molecular flexibility index (Phi) is 3.71. The van der Waals surface area contributed by atoms with Gasteiger partial charge in [-0.05, 0) is 42.0 Å². The van der Waals surface area contributed by atoms with Crippen LogP contribution in [0.2, 0.25) is 0 Å². The normalized spacial score (nSPS) is 10.2. The van der Waals surface area contributed by atoms with E-state index in [0.29, 0.717) is 0 Å². The summed E-state index contributed by atoms with van der Waals surface area (Å²) in [5, 5.41) is 0. The molecular weight excluding hydrogens is 206 g/mol. The number of nitrogens with zero attached hydrogens (tertiary/aromatic N) is 1. The van der Waals surface area contributed by atoms with Gasteiger partial charge in [0.1, 0.15) is 0 Å². The van der Waals surface area contributed by atoms with E-state index >= 15 is 0 Å². The average molecular weight is 223 g/mol. The average Bonchev–Trinajstić information content (AvgIpc) is 2.40. The first-order valence-electron chi connectivity index (χ1n) is 5.99. The minimum absolute atomic E-state index is 0.913. The highest BCUT2D eigenvalue weighted by Gasteiger charge is 1.98. The van der Waals surface area contributed by atoms with Gasteiger partial charge in [-0.25, -0.2) is 0 Å². The first-order chi connectivity index (χ1) is 8.33. The van der Waals surface area contributed by atoms with E-state index in [1.54, 1.807) is 0 Å². The van der Waals surface area contributed by atoms with Crippen molar-refractivity contribution in [3.05, 3.63) is 54.1 Å². The molecule has 1 nitrogen and oxygen atoms in total. The third-order valence-corrected chi connectivity index (χ3v) is 2.88. The lowest BCUT2D eigenvalue weighted by atomic mass is 10.0. The maximum absolute atomic E-state index is 3.89. The summed E-state index contributed by atoms with van der Waals surface area (Å²) >= 11 is 0. The van der Waals surface area contributed by atoms with Crippen LogP contribution in [-0.4, -0.2) is 6.72 Å². The van der Waals surface area contributed by atoms with Crippen molar-refractivity contribution in [3.63, 3.8) is 0 Å². The van der Waals surface area contributed by atoms with Gasteiger partial charge in [0.2, 0.25) is 0 Å². The second kappa shape index (κ2) is 5.44. The van der Waals surface area contributed by atoms with E-state index in [2.05, 4.69) is 55.0 Å². The second-order valence-electron chi connectivity index (χ2n) is 4.15. The third-order valence-electron chi connectivity index (χ3n) is 2.88. The van der Waals surface area contributed by atoms with E-state index in [9.17, 15) is 0 Å². The van der Waals surface area contributed by atoms with Crippen LogP contribution >= 0.6 is 0 Å². The van der Waals surface area contributed by atoms with E-state index in [0.717, 1.165) is 12.1 Å². The lowest BCUT2D eigenvalue weighted by molar-refractivity contribution is 0.922. The summed E-state index contributed by atoms with van der Waals surface area (Å²) < 4.78 is 0. The van der Waals surface area contributed by atoms with E-state index < -0.39 is 0 Å². The van der Waals surface area contributed by atoms with Crippen LogP contribution in [0.5, 0.6) is 0 Å². The fraction of sp³-hybridized carbons (Fsp3) is 0.188. The SMILES string of the molecule is C=Nc1ccc(-c2ccc(CCC)cc2)cc1. The highest BCUT2D eigenvalue weighted by molar-refractivity contribution is 5.66. The molecule has 0 aliphatic carbocycles. The van der Waals surface area contributed by atoms with Gasteiger partial charge in [0.15, 0.2) is 0 Å². The summed E-state index contributed by atoms with van der Waals surface area (Å²) in [5.74, 6) is 0. The molecule has 2 aromatic carbocycles. The Balaban J connectivity index is 2.23. The lowest BCUT2D eigenvalue weighted by Crippen LogP contribution is -1.83. The molecule has 17 heavy (non-hydrogen) atoms. The van der Waals surface area contributed by atoms with Crippen molar-refractivity contribution in [2.24, 2.45) is 4.99 Å². The number of rotatable bonds is 4. The molecule has 0 fully saturated rings. The predicted octanol–water partition coefficient (Wildman–Crippen LogP) is 4.64. The van der Waals surface area contributed by atoms with Crippen molar-refractivity contribution in [3.8, 4) is 11.1 Å². The molecule has 0 aromatic heterocycles. The minimum Gasteiger partial charge on any atom is -0.265 e. The number of benzene rings is 2. The van der Waals surface area contributed by atoms with Crippen LogP contribution in [0.25, 0.3) is 11.1 Å². The molecule has 1 heteroatoms. The van der Waals surface area contributed by atoms with E-state index in [1.807, 2.05) is 12.1 Å². The van der Waals surface area contributed by atoms with Crippen molar-refractivity contribution in [2.75, 3.05) is 0 Å². The molecule has 2 rings (SSSR count). The molecule has 0 saturated heterocycles. The topological polar surface area (TPSA) is 12.4 Å². The fourth-order valence-corrected chi connectivity index (χ4v) is 1.91. The number of hydrogen-bond donors (Lipinski definition) is 0. The first kappa shape index (κ1) is 11.6. The van der Waals surface area contributed by atoms with E-state index in [1.165, 1.54) is 23.1 Å². The second-order valence-corrected chi connectivity index (χ2v) is 4.15. The molecule has 0 heterocycles. The molecule has 0 aliphatic rings. The minimum atomic E-state index is 0.913. The van der Waals surface area contributed by atoms with Crippen molar-refractivity contribution in [1.82, 2.24) is 0 Å². The standard InChI is InChI=1S/C16H17N/c1-3-4-13-5-7-14(8-6-13)15-9-11-16(17-2)12-10-15/h5-12H,2-4H2,1H3. The largest absolute Gasteiger partial charge is 0.265 e. The highest BCUT2D eigenvalue weighted by atomic mass is 14.7. The monoisotopic (exact) mass is 223 g/mol. The van der Waals surface area contributed by atoms with Gasteiger partial charge in [-0.1, -0.05) is 49.7 Å². The fourth-order valence-electron chi connectivity index (χ4n) is 1.91. The van der Waals surface area contributed by atoms with Crippen molar-refractivity contribution in [1.29, 1.82) is 0 Å². The number of aryl methyl sites for hydroxylation is 1. The molecule has 0 radical (unpaired) electrons. The number of hydrogen-bond acceptors (Lipinski definition) is 1. The van der Waals surface area contributed by atoms with Gasteiger partial charge in [-0.2, -0.15) is 0 Å². The zero-order valence-corrected chi connectivity index (χ0v) is 10.2. The van der Waals surface area contributed by atoms with Crippen LogP contribution in [0.3, 0.4) is 0 Å². The summed E-state index contributed by atoms with van der Waals surface area (Å²) in [6.45, 7) is 5.72. The van der Waals surface area contributed by atoms with Crippen LogP contribution in [0.1, 0.15) is 18.9 Å². The van der Waals surface area contributed by atoms with Gasteiger partial charge >= 0.3 is 0 Å². The zero-order chi connectivity index (χ0) is 12.1. The number of aliphatic imine (C=N–C) groups is 1. The maximum atomic E-state index is 3.89. The Labute approximate surface area is 103 Å². The van der Waals surface area contributed by atoms with E-state index in [4.69, 9.17) is 0 Å². The summed E-state index contributed by atoms with van der Waals surface area (Å²) in [5.41, 5.74) is 4.79. The first-order valence-corrected chi connectivity index (χ1v) is 5.99. The van der Waals surface area contributed by atoms with Crippen LogP contribution in [-0.2, 0) is 6.42 Å². The molecule has 0 N–H and O–H groups in total. The van der Waals surface area contributed by atoms with Crippen LogP contribution in [0, 0.1) is 0 Å². The summed E-state index contributed by atoms with van der Waals surface area (Å²) in [6.07, 6.45) is 2.35. The van der Waals surface area contributed by atoms with Crippen LogP contribution < -0.4 is 0 Å². The van der Waals surface area contributed by atoms with Crippen LogP contribution in [0.4, 0.5) is 5.69 Å². The Morgan fingerprint density at radius 1 is 0.882 bits per heavy atom. The van der Waals surface area contributed by atoms with Crippen molar-refractivity contribution >= 4 is 12.4 Å². The molecule has 0 unspecified atom stereocenters. The molecule has 2 aromatic rings. The zero-order valence-electron chi connectivity index (χ0n) is 10.2. The van der Waals surface area contributed by atoms with Gasteiger partial charge < -0.3 is 0 Å². The summed E-state index contributed by atoms with van der Waals surface area (Å²) in [7, 11) is 0. The maximum Gasteiger partial charge on any atom is 0.0622 e. The van der Waals surface area contributed by atoms with Gasteiger partial charge in [0.05, 0.1) is 5.69 Å². The van der Waals surface area contributed by atoms with Crippen LogP contribution in [0.15, 0.2) is 53.5 Å². The Hall–Kier alpha value is -1.89. The molecular formula is C16H17N. The Bertz CT molecular complexity index is 480. The summed E-state index contributed by atoms with van der Waals surface area (Å²) in [4.78, 5) is 3.89. The molecule has 0 spiro atoms. The van der Waals surface area contributed by atoms with Gasteiger partial charge in [-0.3, -0.25) is 4.99 Å². The van der Waals surface area contributed by atoms with Crippen molar-refractivity contribution in [2.45, 2.75) is 19.8 Å². The molecule has 0 amide bonds. The van der Waals surface area contributed by atoms with Gasteiger partial charge in [0.25, 0.3) is 0 Å². The Morgan fingerprint density at radius 2 is 1.41 bits per heavy atom. The Morgan fingerprint density at radius 3 is 1.88 bits per heavy atom. The summed E-state index contributed by atoms with van der Waals surface area (Å²) in [6, 6.07) is 16.9. The molecule has 0 saturated carbocycles. The molecule has 0 bridgehead atoms. The third kappa shape index (κ3) is 2.82. The van der Waals surface area contributed by atoms with Crippen molar-refractivity contribution < 1.29 is 0 Å². The molecule has 0 aliphatic heterocycles. The van der Waals surface area contributed by atoms with E-state index in [-0.39, 0.29) is 0 Å². The lowest BCUT2D eigenvalue weighted by Gasteiger charge is -2.04. The molecule has 86 valence electrons. The smallest absolute Gasteiger partial charge is 0.0622 e. The molecule has 0 atom stereocenters. The quantitative estimate of drug-likeness (QED) is 0.670.